The third-order valence-electron chi connectivity index (χ3n) is 4.17. The number of tetrazole rings is 1. The number of aryl methyl sites for hydroxylation is 1. The molecule has 0 aliphatic heterocycles. The molecule has 0 fully saturated rings. The third kappa shape index (κ3) is 3.96. The van der Waals surface area contributed by atoms with Gasteiger partial charge in [0.1, 0.15) is 6.54 Å². The van der Waals surface area contributed by atoms with Crippen molar-refractivity contribution in [3.8, 4) is 11.4 Å². The molecule has 0 spiro atoms. The molecular weight excluding hydrogens is 326 g/mol. The Balaban J connectivity index is 1.76. The lowest BCUT2D eigenvalue weighted by atomic mass is 10.1. The number of para-hydroxylation sites is 1. The molecule has 2 aromatic carbocycles. The van der Waals surface area contributed by atoms with Gasteiger partial charge in [-0.25, -0.2) is 0 Å². The fourth-order valence-corrected chi connectivity index (χ4v) is 2.83. The lowest BCUT2D eigenvalue weighted by molar-refractivity contribution is -0.119. The summed E-state index contributed by atoms with van der Waals surface area (Å²) >= 11 is 0. The summed E-state index contributed by atoms with van der Waals surface area (Å²) in [6.45, 7) is 6.14. The lowest BCUT2D eigenvalue weighted by Crippen LogP contribution is -2.39. The maximum Gasteiger partial charge on any atom is 0.250 e. The number of aromatic nitrogens is 4. The number of nitrogens with zero attached hydrogens (tertiary/aromatic N) is 5. The molecule has 6 heteroatoms. The van der Waals surface area contributed by atoms with Crippen LogP contribution in [0, 0.1) is 0 Å². The first-order chi connectivity index (χ1) is 12.6. The van der Waals surface area contributed by atoms with Gasteiger partial charge in [-0.2, -0.15) is 4.80 Å². The van der Waals surface area contributed by atoms with Gasteiger partial charge in [-0.15, -0.1) is 10.2 Å². The van der Waals surface area contributed by atoms with E-state index in [1.165, 1.54) is 10.4 Å². The monoisotopic (exact) mass is 349 g/mol. The third-order valence-corrected chi connectivity index (χ3v) is 4.17. The first-order valence-corrected chi connectivity index (χ1v) is 8.82. The van der Waals surface area contributed by atoms with Crippen molar-refractivity contribution in [2.45, 2.75) is 39.8 Å². The molecule has 0 radical (unpaired) electrons. The fraction of sp³-hybridized carbons (Fsp3) is 0.300. The second kappa shape index (κ2) is 7.91. The van der Waals surface area contributed by atoms with Gasteiger partial charge < -0.3 is 4.90 Å². The van der Waals surface area contributed by atoms with Crippen LogP contribution in [-0.2, 0) is 17.8 Å². The van der Waals surface area contributed by atoms with E-state index >= 15 is 0 Å². The largest absolute Gasteiger partial charge is 0.308 e. The molecule has 134 valence electrons. The molecule has 1 heterocycles. The summed E-state index contributed by atoms with van der Waals surface area (Å²) in [6, 6.07) is 17.7. The Kier molecular flexibility index (Phi) is 5.41. The topological polar surface area (TPSA) is 63.9 Å². The number of hydrogen-bond acceptors (Lipinski definition) is 4. The highest BCUT2D eigenvalue weighted by molar-refractivity contribution is 5.93. The summed E-state index contributed by atoms with van der Waals surface area (Å²) in [5.74, 6) is 0.452. The van der Waals surface area contributed by atoms with Crippen molar-refractivity contribution in [3.63, 3.8) is 0 Å². The average Bonchev–Trinajstić information content (AvgIpc) is 3.11. The van der Waals surface area contributed by atoms with Gasteiger partial charge in [-0.05, 0) is 43.2 Å². The molecule has 1 amide bonds. The zero-order chi connectivity index (χ0) is 18.5. The molecule has 0 unspecified atom stereocenters. The normalized spacial score (nSPS) is 10.9. The average molecular weight is 349 g/mol. The first kappa shape index (κ1) is 17.8. The van der Waals surface area contributed by atoms with Crippen molar-refractivity contribution in [1.82, 2.24) is 20.2 Å². The van der Waals surface area contributed by atoms with Crippen molar-refractivity contribution < 1.29 is 4.79 Å². The van der Waals surface area contributed by atoms with Crippen LogP contribution in [0.2, 0.25) is 0 Å². The summed E-state index contributed by atoms with van der Waals surface area (Å²) in [4.78, 5) is 15.9. The van der Waals surface area contributed by atoms with E-state index in [0.29, 0.717) is 5.82 Å². The summed E-state index contributed by atoms with van der Waals surface area (Å²) in [6.07, 6.45) is 0.986. The minimum Gasteiger partial charge on any atom is -0.308 e. The highest BCUT2D eigenvalue weighted by Crippen LogP contribution is 2.18. The molecule has 0 aliphatic carbocycles. The SMILES string of the molecule is CCc1ccc(-c2nnn(CC(=O)N(c3ccccc3)C(C)C)n2)cc1. The summed E-state index contributed by atoms with van der Waals surface area (Å²) < 4.78 is 0. The second-order valence-electron chi connectivity index (χ2n) is 6.39. The highest BCUT2D eigenvalue weighted by Gasteiger charge is 2.20. The van der Waals surface area contributed by atoms with E-state index in [0.717, 1.165) is 17.7 Å². The van der Waals surface area contributed by atoms with Crippen LogP contribution in [0.25, 0.3) is 11.4 Å². The standard InChI is InChI=1S/C20H23N5O/c1-4-16-10-12-17(13-11-16)20-21-23-24(22-20)14-19(26)25(15(2)3)18-8-6-5-7-9-18/h5-13,15H,4,14H2,1-3H3. The predicted octanol–water partition coefficient (Wildman–Crippen LogP) is 3.34. The van der Waals surface area contributed by atoms with E-state index in [9.17, 15) is 4.79 Å². The number of carbonyl (C=O) groups excluding carboxylic acids is 1. The molecule has 0 atom stereocenters. The maximum absolute atomic E-state index is 12.8. The van der Waals surface area contributed by atoms with Crippen molar-refractivity contribution in [2.75, 3.05) is 4.90 Å². The molecule has 0 bridgehead atoms. The van der Waals surface area contributed by atoms with E-state index in [1.54, 1.807) is 4.90 Å². The van der Waals surface area contributed by atoms with Crippen molar-refractivity contribution in [1.29, 1.82) is 0 Å². The van der Waals surface area contributed by atoms with Gasteiger partial charge in [-0.1, -0.05) is 49.4 Å². The number of amides is 1. The van der Waals surface area contributed by atoms with Crippen LogP contribution >= 0.6 is 0 Å². The minimum atomic E-state index is -0.0727. The zero-order valence-electron chi connectivity index (χ0n) is 15.3. The number of rotatable bonds is 6. The summed E-state index contributed by atoms with van der Waals surface area (Å²) in [5, 5.41) is 12.5. The van der Waals surface area contributed by atoms with Gasteiger partial charge in [0.2, 0.25) is 5.82 Å². The Hall–Kier alpha value is -3.02. The predicted molar refractivity (Wildman–Crippen MR) is 102 cm³/mol. The van der Waals surface area contributed by atoms with Gasteiger partial charge in [0.25, 0.3) is 5.91 Å². The quantitative estimate of drug-likeness (QED) is 0.685. The number of anilines is 1. The van der Waals surface area contributed by atoms with Gasteiger partial charge in [0, 0.05) is 17.3 Å². The van der Waals surface area contributed by atoms with E-state index < -0.39 is 0 Å². The Bertz CT molecular complexity index is 855. The van der Waals surface area contributed by atoms with E-state index in [-0.39, 0.29) is 18.5 Å². The Morgan fingerprint density at radius 3 is 2.38 bits per heavy atom. The lowest BCUT2D eigenvalue weighted by Gasteiger charge is -2.26. The highest BCUT2D eigenvalue weighted by atomic mass is 16.2. The molecule has 3 aromatic rings. The molecule has 1 aromatic heterocycles. The first-order valence-electron chi connectivity index (χ1n) is 8.82. The second-order valence-corrected chi connectivity index (χ2v) is 6.39. The van der Waals surface area contributed by atoms with Crippen LogP contribution in [0.3, 0.4) is 0 Å². The molecule has 0 aliphatic rings. The number of carbonyl (C=O) groups is 1. The van der Waals surface area contributed by atoms with Gasteiger partial charge in [-0.3, -0.25) is 4.79 Å². The molecular formula is C20H23N5O. The Morgan fingerprint density at radius 1 is 1.08 bits per heavy atom. The van der Waals surface area contributed by atoms with Crippen LogP contribution in [0.5, 0.6) is 0 Å². The zero-order valence-corrected chi connectivity index (χ0v) is 15.3. The van der Waals surface area contributed by atoms with Gasteiger partial charge >= 0.3 is 0 Å². The van der Waals surface area contributed by atoms with E-state index in [4.69, 9.17) is 0 Å². The van der Waals surface area contributed by atoms with E-state index in [1.807, 2.05) is 56.3 Å². The Labute approximate surface area is 153 Å². The molecule has 6 nitrogen and oxygen atoms in total. The smallest absolute Gasteiger partial charge is 0.250 e. The van der Waals surface area contributed by atoms with Crippen LogP contribution in [0.4, 0.5) is 5.69 Å². The van der Waals surface area contributed by atoms with Crippen molar-refractivity contribution in [3.05, 3.63) is 60.2 Å². The van der Waals surface area contributed by atoms with Gasteiger partial charge in [0.05, 0.1) is 0 Å². The van der Waals surface area contributed by atoms with Crippen molar-refractivity contribution in [2.24, 2.45) is 0 Å². The van der Waals surface area contributed by atoms with E-state index in [2.05, 4.69) is 34.5 Å². The molecule has 0 saturated heterocycles. The number of benzene rings is 2. The van der Waals surface area contributed by atoms with Crippen LogP contribution in [0.15, 0.2) is 54.6 Å². The maximum atomic E-state index is 12.8. The van der Waals surface area contributed by atoms with Crippen LogP contribution in [-0.4, -0.2) is 32.2 Å². The Morgan fingerprint density at radius 2 is 1.77 bits per heavy atom. The molecule has 26 heavy (non-hydrogen) atoms. The van der Waals surface area contributed by atoms with Crippen LogP contribution in [0.1, 0.15) is 26.3 Å². The van der Waals surface area contributed by atoms with Gasteiger partial charge in [0.15, 0.2) is 0 Å². The summed E-state index contributed by atoms with van der Waals surface area (Å²) in [7, 11) is 0. The minimum absolute atomic E-state index is 0.0366. The number of hydrogen-bond donors (Lipinski definition) is 0. The molecule has 0 N–H and O–H groups in total. The van der Waals surface area contributed by atoms with Crippen LogP contribution < -0.4 is 4.90 Å². The molecule has 0 saturated carbocycles. The molecule has 3 rings (SSSR count). The summed E-state index contributed by atoms with van der Waals surface area (Å²) in [5.41, 5.74) is 3.01. The fourth-order valence-electron chi connectivity index (χ4n) is 2.83. The van der Waals surface area contributed by atoms with Crippen molar-refractivity contribution >= 4 is 11.6 Å².